The highest BCUT2D eigenvalue weighted by Crippen LogP contribution is 2.38. The minimum absolute atomic E-state index is 0.454. The average molecular weight is 267 g/mol. The highest BCUT2D eigenvalue weighted by Gasteiger charge is 2.14. The first-order chi connectivity index (χ1) is 9.12. The fourth-order valence-corrected chi connectivity index (χ4v) is 1.70. The Morgan fingerprint density at radius 3 is 2.11 bits per heavy atom. The maximum Gasteiger partial charge on any atom is 0.203 e. The van der Waals surface area contributed by atoms with Crippen molar-refractivity contribution in [3.8, 4) is 17.2 Å². The van der Waals surface area contributed by atoms with Crippen molar-refractivity contribution in [2.45, 2.75) is 27.3 Å². The Morgan fingerprint density at radius 1 is 1.11 bits per heavy atom. The van der Waals surface area contributed by atoms with Gasteiger partial charge in [-0.1, -0.05) is 20.8 Å². The van der Waals surface area contributed by atoms with Crippen molar-refractivity contribution < 1.29 is 14.2 Å². The van der Waals surface area contributed by atoms with E-state index in [-0.39, 0.29) is 0 Å². The largest absolute Gasteiger partial charge is 0.493 e. The van der Waals surface area contributed by atoms with Crippen molar-refractivity contribution >= 4 is 0 Å². The van der Waals surface area contributed by atoms with Gasteiger partial charge in [0, 0.05) is 6.54 Å². The Balaban J connectivity index is 2.99. The van der Waals surface area contributed by atoms with E-state index in [1.165, 1.54) is 0 Å². The second kappa shape index (κ2) is 7.89. The molecule has 19 heavy (non-hydrogen) atoms. The number of ether oxygens (including phenoxy) is 3. The maximum absolute atomic E-state index is 5.80. The van der Waals surface area contributed by atoms with Gasteiger partial charge in [-0.2, -0.15) is 0 Å². The number of benzene rings is 1. The fraction of sp³-hybridized carbons (Fsp3) is 0.600. The molecule has 0 fully saturated rings. The van der Waals surface area contributed by atoms with Crippen LogP contribution in [0.25, 0.3) is 0 Å². The molecule has 0 radical (unpaired) electrons. The minimum Gasteiger partial charge on any atom is -0.493 e. The van der Waals surface area contributed by atoms with Crippen LogP contribution in [0.2, 0.25) is 0 Å². The first-order valence-corrected chi connectivity index (χ1v) is 6.70. The lowest BCUT2D eigenvalue weighted by Gasteiger charge is -2.17. The zero-order valence-corrected chi connectivity index (χ0v) is 12.6. The summed E-state index contributed by atoms with van der Waals surface area (Å²) in [5.41, 5.74) is 1.12. The normalized spacial score (nSPS) is 10.6. The molecule has 0 aliphatic carbocycles. The van der Waals surface area contributed by atoms with Gasteiger partial charge in [-0.25, -0.2) is 0 Å². The molecule has 1 aromatic rings. The summed E-state index contributed by atoms with van der Waals surface area (Å²) in [7, 11) is 3.29. The van der Waals surface area contributed by atoms with E-state index in [2.05, 4.69) is 26.1 Å². The van der Waals surface area contributed by atoms with Crippen molar-refractivity contribution in [2.24, 2.45) is 5.92 Å². The molecule has 1 N–H and O–H groups in total. The van der Waals surface area contributed by atoms with Crippen molar-refractivity contribution in [1.82, 2.24) is 5.32 Å². The molecule has 0 amide bonds. The third-order valence-corrected chi connectivity index (χ3v) is 2.66. The first-order valence-electron chi connectivity index (χ1n) is 6.70. The smallest absolute Gasteiger partial charge is 0.203 e. The number of hydrogen-bond acceptors (Lipinski definition) is 4. The van der Waals surface area contributed by atoms with Gasteiger partial charge in [-0.3, -0.25) is 0 Å². The van der Waals surface area contributed by atoms with Crippen LogP contribution in [-0.2, 0) is 6.54 Å². The Morgan fingerprint density at radius 2 is 1.68 bits per heavy atom. The van der Waals surface area contributed by atoms with Crippen molar-refractivity contribution in [2.75, 3.05) is 27.4 Å². The van der Waals surface area contributed by atoms with Crippen LogP contribution in [0.4, 0.5) is 0 Å². The second-order valence-electron chi connectivity index (χ2n) is 4.81. The van der Waals surface area contributed by atoms with Gasteiger partial charge in [0.2, 0.25) is 5.75 Å². The summed E-state index contributed by atoms with van der Waals surface area (Å²) in [5, 5.41) is 3.28. The van der Waals surface area contributed by atoms with E-state index in [9.17, 15) is 0 Å². The van der Waals surface area contributed by atoms with Crippen molar-refractivity contribution in [1.29, 1.82) is 0 Å². The molecule has 1 aromatic carbocycles. The summed E-state index contributed by atoms with van der Waals surface area (Å²) >= 11 is 0. The van der Waals surface area contributed by atoms with Crippen molar-refractivity contribution in [3.63, 3.8) is 0 Å². The standard InChI is InChI=1S/C15H25NO3/c1-6-16-9-12-7-13(17-4)15(14(8-12)18-5)19-10-11(2)3/h7-8,11,16H,6,9-10H2,1-5H3. The quantitative estimate of drug-likeness (QED) is 0.786. The van der Waals surface area contributed by atoms with Gasteiger partial charge in [0.25, 0.3) is 0 Å². The summed E-state index contributed by atoms with van der Waals surface area (Å²) < 4.78 is 16.6. The van der Waals surface area contributed by atoms with Crippen LogP contribution in [-0.4, -0.2) is 27.4 Å². The van der Waals surface area contributed by atoms with Gasteiger partial charge < -0.3 is 19.5 Å². The van der Waals surface area contributed by atoms with Gasteiger partial charge >= 0.3 is 0 Å². The highest BCUT2D eigenvalue weighted by atomic mass is 16.5. The van der Waals surface area contributed by atoms with Gasteiger partial charge in [-0.15, -0.1) is 0 Å². The second-order valence-corrected chi connectivity index (χ2v) is 4.81. The van der Waals surface area contributed by atoms with E-state index in [0.717, 1.165) is 18.7 Å². The molecule has 0 aliphatic heterocycles. The van der Waals surface area contributed by atoms with Gasteiger partial charge in [0.1, 0.15) is 0 Å². The zero-order valence-electron chi connectivity index (χ0n) is 12.6. The molecule has 4 heteroatoms. The van der Waals surface area contributed by atoms with Gasteiger partial charge in [0.15, 0.2) is 11.5 Å². The van der Waals surface area contributed by atoms with Crippen molar-refractivity contribution in [3.05, 3.63) is 17.7 Å². The summed E-state index contributed by atoms with van der Waals surface area (Å²) in [6.07, 6.45) is 0. The Bertz CT molecular complexity index is 366. The maximum atomic E-state index is 5.80. The van der Waals surface area contributed by atoms with Crippen LogP contribution >= 0.6 is 0 Å². The SMILES string of the molecule is CCNCc1cc(OC)c(OCC(C)C)c(OC)c1. The van der Waals surface area contributed by atoms with Crippen LogP contribution in [0.1, 0.15) is 26.3 Å². The summed E-state index contributed by atoms with van der Waals surface area (Å²) in [5.74, 6) is 2.57. The molecule has 0 aromatic heterocycles. The molecular weight excluding hydrogens is 242 g/mol. The topological polar surface area (TPSA) is 39.7 Å². The molecule has 108 valence electrons. The predicted octanol–water partition coefficient (Wildman–Crippen LogP) is 2.85. The molecule has 0 heterocycles. The monoisotopic (exact) mass is 267 g/mol. The van der Waals surface area contributed by atoms with Gasteiger partial charge in [0.05, 0.1) is 20.8 Å². The summed E-state index contributed by atoms with van der Waals surface area (Å²) in [4.78, 5) is 0. The third-order valence-electron chi connectivity index (χ3n) is 2.66. The molecule has 0 bridgehead atoms. The Kier molecular flexibility index (Phi) is 6.50. The lowest BCUT2D eigenvalue weighted by atomic mass is 10.1. The molecule has 0 aliphatic rings. The molecule has 0 spiro atoms. The molecule has 0 saturated carbocycles. The Labute approximate surface area is 116 Å². The lowest BCUT2D eigenvalue weighted by molar-refractivity contribution is 0.243. The number of rotatable bonds is 8. The van der Waals surface area contributed by atoms with E-state index < -0.39 is 0 Å². The molecular formula is C15H25NO3. The molecule has 0 unspecified atom stereocenters. The number of methoxy groups -OCH3 is 2. The molecule has 1 rings (SSSR count). The van der Waals surface area contributed by atoms with Crippen LogP contribution in [0.5, 0.6) is 17.2 Å². The van der Waals surface area contributed by atoms with Crippen LogP contribution in [0, 0.1) is 5.92 Å². The summed E-state index contributed by atoms with van der Waals surface area (Å²) in [6, 6.07) is 3.97. The number of hydrogen-bond donors (Lipinski definition) is 1. The van der Waals surface area contributed by atoms with E-state index in [0.29, 0.717) is 29.8 Å². The lowest BCUT2D eigenvalue weighted by Crippen LogP contribution is -2.12. The zero-order chi connectivity index (χ0) is 14.3. The average Bonchev–Trinajstić information content (AvgIpc) is 2.42. The first kappa shape index (κ1) is 15.6. The molecule has 4 nitrogen and oxygen atoms in total. The number of nitrogens with one attached hydrogen (secondary N) is 1. The molecule has 0 saturated heterocycles. The predicted molar refractivity (Wildman–Crippen MR) is 77.3 cm³/mol. The summed E-state index contributed by atoms with van der Waals surface area (Å²) in [6.45, 7) is 8.65. The highest BCUT2D eigenvalue weighted by molar-refractivity contribution is 5.53. The third kappa shape index (κ3) is 4.63. The van der Waals surface area contributed by atoms with Crippen LogP contribution < -0.4 is 19.5 Å². The van der Waals surface area contributed by atoms with E-state index >= 15 is 0 Å². The Hall–Kier alpha value is -1.42. The van der Waals surface area contributed by atoms with E-state index in [4.69, 9.17) is 14.2 Å². The molecule has 0 atom stereocenters. The van der Waals surface area contributed by atoms with E-state index in [1.54, 1.807) is 14.2 Å². The van der Waals surface area contributed by atoms with Crippen LogP contribution in [0.3, 0.4) is 0 Å². The van der Waals surface area contributed by atoms with E-state index in [1.807, 2.05) is 12.1 Å². The van der Waals surface area contributed by atoms with Gasteiger partial charge in [-0.05, 0) is 30.2 Å². The van der Waals surface area contributed by atoms with Crippen LogP contribution in [0.15, 0.2) is 12.1 Å². The minimum atomic E-state index is 0.454. The fourth-order valence-electron chi connectivity index (χ4n) is 1.70.